The number of hydrogen-bond donors (Lipinski definition) is 1. The Hall–Kier alpha value is -2.91. The molecule has 2 aromatic carbocycles. The molecule has 0 spiro atoms. The first kappa shape index (κ1) is 18.9. The maximum absolute atomic E-state index is 12.1. The molecule has 8 nitrogen and oxygen atoms in total. The molecule has 0 aliphatic heterocycles. The Morgan fingerprint density at radius 3 is 2.78 bits per heavy atom. The molecule has 3 rings (SSSR count). The van der Waals surface area contributed by atoms with Gasteiger partial charge in [0.2, 0.25) is 11.8 Å². The SMILES string of the molecule is Cc1ccccc1-c1nnc(SCC(=O)Nc2ccc([N+](=O)[O-])cc2Cl)o1. The summed E-state index contributed by atoms with van der Waals surface area (Å²) in [6.07, 6.45) is 0. The molecule has 0 saturated heterocycles. The lowest BCUT2D eigenvalue weighted by molar-refractivity contribution is -0.384. The monoisotopic (exact) mass is 404 g/mol. The van der Waals surface area contributed by atoms with Gasteiger partial charge in [0.05, 0.1) is 21.4 Å². The summed E-state index contributed by atoms with van der Waals surface area (Å²) in [6, 6.07) is 11.4. The lowest BCUT2D eigenvalue weighted by atomic mass is 10.1. The molecule has 0 fully saturated rings. The number of nitrogens with zero attached hydrogens (tertiary/aromatic N) is 3. The first-order chi connectivity index (χ1) is 12.9. The van der Waals surface area contributed by atoms with Crippen molar-refractivity contribution < 1.29 is 14.1 Å². The highest BCUT2D eigenvalue weighted by molar-refractivity contribution is 7.99. The summed E-state index contributed by atoms with van der Waals surface area (Å²) in [5.74, 6) is 0.0451. The maximum atomic E-state index is 12.1. The average Bonchev–Trinajstić information content (AvgIpc) is 3.10. The minimum Gasteiger partial charge on any atom is -0.411 e. The molecule has 3 aromatic rings. The van der Waals surface area contributed by atoms with E-state index in [9.17, 15) is 14.9 Å². The second-order valence-corrected chi connectivity index (χ2v) is 6.78. The van der Waals surface area contributed by atoms with Crippen LogP contribution < -0.4 is 5.32 Å². The molecule has 1 aromatic heterocycles. The number of carbonyl (C=O) groups excluding carboxylic acids is 1. The van der Waals surface area contributed by atoms with Gasteiger partial charge < -0.3 is 9.73 Å². The summed E-state index contributed by atoms with van der Waals surface area (Å²) in [7, 11) is 0. The van der Waals surface area contributed by atoms with Gasteiger partial charge in [-0.2, -0.15) is 0 Å². The third kappa shape index (κ3) is 4.63. The number of aryl methyl sites for hydroxylation is 1. The minimum atomic E-state index is -0.561. The zero-order chi connectivity index (χ0) is 19.4. The number of rotatable bonds is 6. The number of benzene rings is 2. The quantitative estimate of drug-likeness (QED) is 0.369. The van der Waals surface area contributed by atoms with Crippen molar-refractivity contribution in [2.24, 2.45) is 0 Å². The number of aromatic nitrogens is 2. The standard InChI is InChI=1S/C17H13ClN4O4S/c1-10-4-2-3-5-12(10)16-20-21-17(26-16)27-9-15(23)19-14-7-6-11(22(24)25)8-13(14)18/h2-8H,9H2,1H3,(H,19,23). The van der Waals surface area contributed by atoms with Crippen LogP contribution >= 0.6 is 23.4 Å². The fraction of sp³-hybridized carbons (Fsp3) is 0.118. The highest BCUT2D eigenvalue weighted by atomic mass is 35.5. The summed E-state index contributed by atoms with van der Waals surface area (Å²) in [4.78, 5) is 22.2. The van der Waals surface area contributed by atoms with E-state index in [1.54, 1.807) is 0 Å². The topological polar surface area (TPSA) is 111 Å². The van der Waals surface area contributed by atoms with Crippen LogP contribution in [-0.4, -0.2) is 26.8 Å². The summed E-state index contributed by atoms with van der Waals surface area (Å²) in [5, 5.41) is 21.6. The van der Waals surface area contributed by atoms with Crippen molar-refractivity contribution >= 4 is 40.6 Å². The Labute approximate surface area is 163 Å². The number of amides is 1. The van der Waals surface area contributed by atoms with E-state index in [1.165, 1.54) is 18.2 Å². The number of thioether (sulfide) groups is 1. The van der Waals surface area contributed by atoms with Crippen LogP contribution in [-0.2, 0) is 4.79 Å². The molecule has 138 valence electrons. The Morgan fingerprint density at radius 1 is 1.30 bits per heavy atom. The van der Waals surface area contributed by atoms with Crippen molar-refractivity contribution in [1.82, 2.24) is 10.2 Å². The van der Waals surface area contributed by atoms with Gasteiger partial charge >= 0.3 is 0 Å². The smallest absolute Gasteiger partial charge is 0.277 e. The number of anilines is 1. The molecule has 1 N–H and O–H groups in total. The molecule has 1 heterocycles. The van der Waals surface area contributed by atoms with Gasteiger partial charge in [0, 0.05) is 17.7 Å². The Kier molecular flexibility index (Phi) is 5.72. The van der Waals surface area contributed by atoms with E-state index < -0.39 is 4.92 Å². The van der Waals surface area contributed by atoms with Crippen LogP contribution in [0.1, 0.15) is 5.56 Å². The highest BCUT2D eigenvalue weighted by Gasteiger charge is 2.14. The molecule has 0 atom stereocenters. The van der Waals surface area contributed by atoms with Gasteiger partial charge in [0.1, 0.15) is 0 Å². The van der Waals surface area contributed by atoms with Gasteiger partial charge in [-0.1, -0.05) is 41.6 Å². The van der Waals surface area contributed by atoms with E-state index in [0.29, 0.717) is 11.6 Å². The highest BCUT2D eigenvalue weighted by Crippen LogP contribution is 2.28. The van der Waals surface area contributed by atoms with Crippen LogP contribution in [0.15, 0.2) is 52.1 Å². The maximum Gasteiger partial charge on any atom is 0.277 e. The van der Waals surface area contributed by atoms with Crippen LogP contribution in [0.2, 0.25) is 5.02 Å². The first-order valence-electron chi connectivity index (χ1n) is 7.70. The number of hydrogen-bond acceptors (Lipinski definition) is 7. The van der Waals surface area contributed by atoms with Crippen LogP contribution in [0.3, 0.4) is 0 Å². The number of non-ortho nitro benzene ring substituents is 1. The van der Waals surface area contributed by atoms with Crippen molar-refractivity contribution in [2.75, 3.05) is 11.1 Å². The zero-order valence-electron chi connectivity index (χ0n) is 14.0. The number of nitro benzene ring substituents is 1. The molecular formula is C17H13ClN4O4S. The molecule has 0 radical (unpaired) electrons. The number of carbonyl (C=O) groups is 1. The largest absolute Gasteiger partial charge is 0.411 e. The molecular weight excluding hydrogens is 392 g/mol. The van der Waals surface area contributed by atoms with Crippen molar-refractivity contribution in [3.05, 3.63) is 63.2 Å². The van der Waals surface area contributed by atoms with E-state index in [-0.39, 0.29) is 27.6 Å². The summed E-state index contributed by atoms with van der Waals surface area (Å²) in [5.41, 5.74) is 1.98. The Balaban J connectivity index is 1.60. The van der Waals surface area contributed by atoms with Gasteiger partial charge in [-0.15, -0.1) is 10.2 Å². The number of nitrogens with one attached hydrogen (secondary N) is 1. The summed E-state index contributed by atoms with van der Waals surface area (Å²) < 4.78 is 5.58. The molecule has 0 saturated carbocycles. The third-order valence-corrected chi connectivity index (χ3v) is 4.68. The van der Waals surface area contributed by atoms with E-state index in [2.05, 4.69) is 15.5 Å². The van der Waals surface area contributed by atoms with Crippen LogP contribution in [0.5, 0.6) is 0 Å². The molecule has 0 aliphatic rings. The second kappa shape index (κ2) is 8.19. The zero-order valence-corrected chi connectivity index (χ0v) is 15.6. The predicted molar refractivity (Wildman–Crippen MR) is 102 cm³/mol. The average molecular weight is 405 g/mol. The van der Waals surface area contributed by atoms with Crippen molar-refractivity contribution in [2.45, 2.75) is 12.1 Å². The normalized spacial score (nSPS) is 10.6. The third-order valence-electron chi connectivity index (χ3n) is 3.55. The Morgan fingerprint density at radius 2 is 2.07 bits per heavy atom. The van der Waals surface area contributed by atoms with E-state index in [4.69, 9.17) is 16.0 Å². The fourth-order valence-electron chi connectivity index (χ4n) is 2.22. The summed E-state index contributed by atoms with van der Waals surface area (Å²) >= 11 is 7.03. The van der Waals surface area contributed by atoms with Gasteiger partial charge in [-0.25, -0.2) is 0 Å². The Bertz CT molecular complexity index is 1010. The van der Waals surface area contributed by atoms with Gasteiger partial charge in [0.25, 0.3) is 10.9 Å². The lowest BCUT2D eigenvalue weighted by Crippen LogP contribution is -2.14. The number of nitro groups is 1. The predicted octanol–water partition coefficient (Wildman–Crippen LogP) is 4.34. The lowest BCUT2D eigenvalue weighted by Gasteiger charge is -2.06. The molecule has 1 amide bonds. The molecule has 10 heteroatoms. The minimum absolute atomic E-state index is 0.0166. The van der Waals surface area contributed by atoms with Gasteiger partial charge in [-0.3, -0.25) is 14.9 Å². The van der Waals surface area contributed by atoms with Crippen molar-refractivity contribution in [3.63, 3.8) is 0 Å². The van der Waals surface area contributed by atoms with Crippen LogP contribution in [0.4, 0.5) is 11.4 Å². The molecule has 0 bridgehead atoms. The molecule has 0 aliphatic carbocycles. The van der Waals surface area contributed by atoms with E-state index in [1.807, 2.05) is 31.2 Å². The van der Waals surface area contributed by atoms with E-state index >= 15 is 0 Å². The first-order valence-corrected chi connectivity index (χ1v) is 9.06. The second-order valence-electron chi connectivity index (χ2n) is 5.45. The number of halogens is 1. The van der Waals surface area contributed by atoms with Gasteiger partial charge in [-0.05, 0) is 24.6 Å². The summed E-state index contributed by atoms with van der Waals surface area (Å²) in [6.45, 7) is 1.94. The molecule has 0 unspecified atom stereocenters. The van der Waals surface area contributed by atoms with Crippen molar-refractivity contribution in [1.29, 1.82) is 0 Å². The van der Waals surface area contributed by atoms with Gasteiger partial charge in [0.15, 0.2) is 0 Å². The van der Waals surface area contributed by atoms with Crippen LogP contribution in [0, 0.1) is 17.0 Å². The van der Waals surface area contributed by atoms with E-state index in [0.717, 1.165) is 22.9 Å². The van der Waals surface area contributed by atoms with Crippen LogP contribution in [0.25, 0.3) is 11.5 Å². The molecule has 27 heavy (non-hydrogen) atoms. The van der Waals surface area contributed by atoms with Crippen molar-refractivity contribution in [3.8, 4) is 11.5 Å². The fourth-order valence-corrected chi connectivity index (χ4v) is 3.01.